The molecule has 1 saturated heterocycles. The number of rotatable bonds is 2. The third-order valence-corrected chi connectivity index (χ3v) is 5.91. The maximum absolute atomic E-state index is 11.5. The second-order valence-electron chi connectivity index (χ2n) is 5.10. The van der Waals surface area contributed by atoms with Gasteiger partial charge in [-0.1, -0.05) is 0 Å². The molecule has 1 heterocycles. The van der Waals surface area contributed by atoms with Crippen LogP contribution in [-0.4, -0.2) is 36.8 Å². The van der Waals surface area contributed by atoms with Gasteiger partial charge < -0.3 is 5.11 Å². The van der Waals surface area contributed by atoms with Crippen LogP contribution >= 0.6 is 0 Å². The molecule has 0 bridgehead atoms. The molecular weight excluding hydrogens is 244 g/mol. The van der Waals surface area contributed by atoms with E-state index in [9.17, 15) is 23.1 Å². The highest BCUT2D eigenvalue weighted by Crippen LogP contribution is 2.46. The number of carboxylic acids is 1. The van der Waals surface area contributed by atoms with E-state index in [4.69, 9.17) is 0 Å². The van der Waals surface area contributed by atoms with Gasteiger partial charge in [-0.25, -0.2) is 8.42 Å². The van der Waals surface area contributed by atoms with E-state index < -0.39 is 21.2 Å². The summed E-state index contributed by atoms with van der Waals surface area (Å²) in [7, 11) is -3.08. The number of carbonyl (C=O) groups excluding carboxylic acids is 1. The SMILES string of the molecule is O=C1CCC(C(=O)O)(C2CCS(=O)(=O)C2)CC1. The van der Waals surface area contributed by atoms with Gasteiger partial charge in [0.25, 0.3) is 0 Å². The van der Waals surface area contributed by atoms with Crippen LogP contribution in [0.4, 0.5) is 0 Å². The third kappa shape index (κ3) is 2.22. The lowest BCUT2D eigenvalue weighted by molar-refractivity contribution is -0.155. The van der Waals surface area contributed by atoms with E-state index in [1.54, 1.807) is 0 Å². The Kier molecular flexibility index (Phi) is 3.01. The van der Waals surface area contributed by atoms with Crippen LogP contribution in [0.5, 0.6) is 0 Å². The minimum absolute atomic E-state index is 0.0342. The maximum Gasteiger partial charge on any atom is 0.309 e. The van der Waals surface area contributed by atoms with Crippen molar-refractivity contribution in [2.24, 2.45) is 11.3 Å². The van der Waals surface area contributed by atoms with E-state index in [0.717, 1.165) is 0 Å². The fraction of sp³-hybridized carbons (Fsp3) is 0.818. The molecule has 2 fully saturated rings. The van der Waals surface area contributed by atoms with Crippen LogP contribution in [0, 0.1) is 11.3 Å². The predicted molar refractivity (Wildman–Crippen MR) is 60.3 cm³/mol. The monoisotopic (exact) mass is 260 g/mol. The average Bonchev–Trinajstić information content (AvgIpc) is 2.60. The quantitative estimate of drug-likeness (QED) is 0.787. The number of hydrogen-bond acceptors (Lipinski definition) is 4. The van der Waals surface area contributed by atoms with Crippen LogP contribution in [0.25, 0.3) is 0 Å². The molecule has 0 aromatic carbocycles. The summed E-state index contributed by atoms with van der Waals surface area (Å²) in [5.41, 5.74) is -0.989. The normalized spacial score (nSPS) is 31.3. The van der Waals surface area contributed by atoms with Gasteiger partial charge in [0.1, 0.15) is 5.78 Å². The van der Waals surface area contributed by atoms with E-state index >= 15 is 0 Å². The summed E-state index contributed by atoms with van der Waals surface area (Å²) in [5.74, 6) is -1.12. The van der Waals surface area contributed by atoms with Gasteiger partial charge in [-0.3, -0.25) is 9.59 Å². The van der Waals surface area contributed by atoms with Gasteiger partial charge in [0, 0.05) is 12.8 Å². The summed E-state index contributed by atoms with van der Waals surface area (Å²) in [6.07, 6.45) is 1.54. The van der Waals surface area contributed by atoms with Gasteiger partial charge in [-0.15, -0.1) is 0 Å². The van der Waals surface area contributed by atoms with Crippen molar-refractivity contribution in [3.05, 3.63) is 0 Å². The number of carbonyl (C=O) groups is 2. The van der Waals surface area contributed by atoms with Crippen LogP contribution < -0.4 is 0 Å². The third-order valence-electron chi connectivity index (χ3n) is 4.14. The molecule has 2 rings (SSSR count). The second kappa shape index (κ2) is 4.08. The van der Waals surface area contributed by atoms with E-state index in [2.05, 4.69) is 0 Å². The van der Waals surface area contributed by atoms with Crippen molar-refractivity contribution in [3.8, 4) is 0 Å². The molecule has 1 aliphatic heterocycles. The zero-order valence-corrected chi connectivity index (χ0v) is 10.3. The molecule has 1 aliphatic carbocycles. The summed E-state index contributed by atoms with van der Waals surface area (Å²) < 4.78 is 22.9. The van der Waals surface area contributed by atoms with E-state index in [1.807, 2.05) is 0 Å². The molecule has 1 unspecified atom stereocenters. The minimum atomic E-state index is -3.08. The molecule has 0 radical (unpaired) electrons. The van der Waals surface area contributed by atoms with Gasteiger partial charge in [-0.2, -0.15) is 0 Å². The number of carboxylic acid groups (broad SMARTS) is 1. The van der Waals surface area contributed by atoms with E-state index in [0.29, 0.717) is 19.3 Å². The van der Waals surface area contributed by atoms with Gasteiger partial charge in [0.2, 0.25) is 0 Å². The number of sulfone groups is 1. The molecule has 2 aliphatic rings. The molecule has 17 heavy (non-hydrogen) atoms. The summed E-state index contributed by atoms with van der Waals surface area (Å²) >= 11 is 0. The smallest absolute Gasteiger partial charge is 0.309 e. The Morgan fingerprint density at radius 2 is 1.88 bits per heavy atom. The molecule has 0 aromatic rings. The summed E-state index contributed by atoms with van der Waals surface area (Å²) in [5, 5.41) is 9.40. The molecule has 0 amide bonds. The lowest BCUT2D eigenvalue weighted by Crippen LogP contribution is -2.42. The van der Waals surface area contributed by atoms with Crippen LogP contribution in [0.1, 0.15) is 32.1 Å². The highest BCUT2D eigenvalue weighted by molar-refractivity contribution is 7.91. The fourth-order valence-electron chi connectivity index (χ4n) is 3.00. The summed E-state index contributed by atoms with van der Waals surface area (Å²) in [6, 6.07) is 0. The number of aliphatic carboxylic acids is 1. The van der Waals surface area contributed by atoms with Crippen molar-refractivity contribution >= 4 is 21.6 Å². The van der Waals surface area contributed by atoms with Crippen LogP contribution in [0.2, 0.25) is 0 Å². The number of Topliss-reactive ketones (excluding diaryl/α,β-unsaturated/α-hetero) is 1. The standard InChI is InChI=1S/C11H16O5S/c12-9-1-4-11(5-2-9,10(13)14)8-3-6-17(15,16)7-8/h8H,1-7H2,(H,13,14). The van der Waals surface area contributed by atoms with Gasteiger partial charge in [-0.05, 0) is 25.2 Å². The van der Waals surface area contributed by atoms with Crippen molar-refractivity contribution in [2.45, 2.75) is 32.1 Å². The van der Waals surface area contributed by atoms with Crippen LogP contribution in [-0.2, 0) is 19.4 Å². The first-order valence-electron chi connectivity index (χ1n) is 5.81. The average molecular weight is 260 g/mol. The van der Waals surface area contributed by atoms with Gasteiger partial charge >= 0.3 is 5.97 Å². The van der Waals surface area contributed by atoms with Crippen LogP contribution in [0.3, 0.4) is 0 Å². The van der Waals surface area contributed by atoms with Crippen molar-refractivity contribution in [2.75, 3.05) is 11.5 Å². The Bertz CT molecular complexity index is 440. The lowest BCUT2D eigenvalue weighted by Gasteiger charge is -2.37. The maximum atomic E-state index is 11.5. The summed E-state index contributed by atoms with van der Waals surface area (Å²) in [4.78, 5) is 22.7. The zero-order chi connectivity index (χ0) is 12.7. The van der Waals surface area contributed by atoms with E-state index in [-0.39, 0.29) is 36.0 Å². The highest BCUT2D eigenvalue weighted by Gasteiger charge is 2.51. The Morgan fingerprint density at radius 3 is 2.29 bits per heavy atom. The van der Waals surface area contributed by atoms with E-state index in [1.165, 1.54) is 0 Å². The molecule has 1 atom stereocenters. The first-order chi connectivity index (χ1) is 7.86. The molecule has 0 aromatic heterocycles. The Balaban J connectivity index is 2.24. The molecule has 0 spiro atoms. The minimum Gasteiger partial charge on any atom is -0.481 e. The van der Waals surface area contributed by atoms with Crippen molar-refractivity contribution in [3.63, 3.8) is 0 Å². The van der Waals surface area contributed by atoms with Crippen molar-refractivity contribution in [1.82, 2.24) is 0 Å². The number of hydrogen-bond donors (Lipinski definition) is 1. The molecule has 96 valence electrons. The summed E-state index contributed by atoms with van der Waals surface area (Å²) in [6.45, 7) is 0. The van der Waals surface area contributed by atoms with Gasteiger partial charge in [0.15, 0.2) is 9.84 Å². The molecule has 5 nitrogen and oxygen atoms in total. The molecule has 1 saturated carbocycles. The fourth-order valence-corrected chi connectivity index (χ4v) is 4.91. The largest absolute Gasteiger partial charge is 0.481 e. The van der Waals surface area contributed by atoms with Crippen LogP contribution in [0.15, 0.2) is 0 Å². The second-order valence-corrected chi connectivity index (χ2v) is 7.33. The Morgan fingerprint density at radius 1 is 1.29 bits per heavy atom. The van der Waals surface area contributed by atoms with Crippen molar-refractivity contribution < 1.29 is 23.1 Å². The molecule has 1 N–H and O–H groups in total. The first kappa shape index (κ1) is 12.5. The topological polar surface area (TPSA) is 88.5 Å². The predicted octanol–water partition coefficient (Wildman–Crippen LogP) is 0.635. The Labute approximate surface area is 100 Å². The Hall–Kier alpha value is -0.910. The first-order valence-corrected chi connectivity index (χ1v) is 7.63. The highest BCUT2D eigenvalue weighted by atomic mass is 32.2. The number of ketones is 1. The van der Waals surface area contributed by atoms with Crippen molar-refractivity contribution in [1.29, 1.82) is 0 Å². The van der Waals surface area contributed by atoms with Gasteiger partial charge in [0.05, 0.1) is 16.9 Å². The molecular formula is C11H16O5S. The molecule has 6 heteroatoms. The zero-order valence-electron chi connectivity index (χ0n) is 9.52. The lowest BCUT2D eigenvalue weighted by atomic mass is 9.65.